The average Bonchev–Trinajstić information content (AvgIpc) is 2.75. The number of nitriles is 1. The van der Waals surface area contributed by atoms with Gasteiger partial charge >= 0.3 is 10.1 Å². The molecule has 2 aliphatic rings. The summed E-state index contributed by atoms with van der Waals surface area (Å²) in [5, 5.41) is 9.40. The Morgan fingerprint density at radius 2 is 1.86 bits per heavy atom. The first-order chi connectivity index (χ1) is 13.9. The van der Waals surface area contributed by atoms with Crippen LogP contribution in [0.5, 0.6) is 0 Å². The van der Waals surface area contributed by atoms with Crippen LogP contribution in [-0.4, -0.2) is 46.0 Å². The fourth-order valence-corrected chi connectivity index (χ4v) is 5.45. The van der Waals surface area contributed by atoms with E-state index in [0.29, 0.717) is 0 Å². The molecular weight excluding hydrogens is 388 g/mol. The van der Waals surface area contributed by atoms with Crippen molar-refractivity contribution in [2.24, 2.45) is 11.8 Å². The molecule has 2 N–H and O–H groups in total. The molecule has 8 heteroatoms. The van der Waals surface area contributed by atoms with E-state index in [9.17, 15) is 13.7 Å². The fourth-order valence-electron chi connectivity index (χ4n) is 4.65. The summed E-state index contributed by atoms with van der Waals surface area (Å²) in [7, 11) is -4.11. The van der Waals surface area contributed by atoms with Crippen molar-refractivity contribution in [3.05, 3.63) is 23.3 Å². The molecule has 0 bridgehead atoms. The van der Waals surface area contributed by atoms with Crippen LogP contribution in [0.4, 0.5) is 5.69 Å². The Balaban J connectivity index is 1.57. The van der Waals surface area contributed by atoms with E-state index in [0.717, 1.165) is 49.9 Å². The van der Waals surface area contributed by atoms with Gasteiger partial charge in [-0.1, -0.05) is 32.1 Å². The van der Waals surface area contributed by atoms with E-state index < -0.39 is 10.1 Å². The van der Waals surface area contributed by atoms with E-state index in [1.807, 2.05) is 13.0 Å². The van der Waals surface area contributed by atoms with E-state index in [4.69, 9.17) is 5.90 Å². The normalized spacial score (nSPS) is 19.3. The van der Waals surface area contributed by atoms with Gasteiger partial charge in [-0.3, -0.25) is 4.90 Å². The molecule has 7 nitrogen and oxygen atoms in total. The van der Waals surface area contributed by atoms with Gasteiger partial charge in [-0.15, -0.1) is 0 Å². The number of piperazine rings is 1. The van der Waals surface area contributed by atoms with E-state index in [-0.39, 0.29) is 10.5 Å². The number of hydrogen-bond donors (Lipinski definition) is 1. The molecule has 0 spiro atoms. The first-order valence-electron chi connectivity index (χ1n) is 10.6. The highest BCUT2D eigenvalue weighted by Crippen LogP contribution is 2.29. The number of benzene rings is 1. The molecule has 0 aromatic heterocycles. The van der Waals surface area contributed by atoms with Gasteiger partial charge in [0.2, 0.25) is 0 Å². The molecule has 0 radical (unpaired) electrons. The second kappa shape index (κ2) is 9.90. The monoisotopic (exact) mass is 420 g/mol. The Labute approximate surface area is 174 Å². The summed E-state index contributed by atoms with van der Waals surface area (Å²) in [6.07, 6.45) is 9.68. The van der Waals surface area contributed by atoms with Crippen LogP contribution in [0.15, 0.2) is 17.0 Å². The summed E-state index contributed by atoms with van der Waals surface area (Å²) in [6.45, 7) is 6.71. The Morgan fingerprint density at radius 1 is 1.17 bits per heavy atom. The molecule has 160 valence electrons. The molecule has 1 heterocycles. The molecule has 29 heavy (non-hydrogen) atoms. The maximum absolute atomic E-state index is 12.0. The van der Waals surface area contributed by atoms with Crippen molar-refractivity contribution in [1.82, 2.24) is 4.90 Å². The van der Waals surface area contributed by atoms with E-state index in [2.05, 4.69) is 14.1 Å². The highest BCUT2D eigenvalue weighted by molar-refractivity contribution is 7.86. The molecule has 1 aromatic rings. The summed E-state index contributed by atoms with van der Waals surface area (Å²) in [4.78, 5) is 4.57. The Hall–Kier alpha value is -1.66. The number of rotatable bonds is 7. The van der Waals surface area contributed by atoms with Crippen LogP contribution in [0.3, 0.4) is 0 Å². The van der Waals surface area contributed by atoms with Crippen LogP contribution in [0.1, 0.15) is 56.1 Å². The van der Waals surface area contributed by atoms with Crippen LogP contribution >= 0.6 is 0 Å². The number of nitrogens with zero attached hydrogens (tertiary/aromatic N) is 3. The number of hydrogen-bond acceptors (Lipinski definition) is 7. The van der Waals surface area contributed by atoms with Crippen molar-refractivity contribution in [2.45, 2.75) is 56.8 Å². The summed E-state index contributed by atoms with van der Waals surface area (Å²) >= 11 is 0. The molecule has 2 fully saturated rings. The Bertz CT molecular complexity index is 836. The smallest absolute Gasteiger partial charge is 0.314 e. The van der Waals surface area contributed by atoms with Crippen LogP contribution in [0.2, 0.25) is 0 Å². The van der Waals surface area contributed by atoms with E-state index in [1.54, 1.807) is 6.07 Å². The molecule has 3 rings (SSSR count). The lowest BCUT2D eigenvalue weighted by atomic mass is 9.86. The highest BCUT2D eigenvalue weighted by Gasteiger charge is 2.24. The molecule has 1 aliphatic carbocycles. The summed E-state index contributed by atoms with van der Waals surface area (Å²) in [6, 6.07) is 5.08. The SMILES string of the molecule is Cc1cc(S(=O)(=O)ON)c(C#N)cc1N1CCN(CCCC2CCCCC2)CC1. The number of anilines is 1. The summed E-state index contributed by atoms with van der Waals surface area (Å²) in [5.74, 6) is 5.82. The third-order valence-electron chi connectivity index (χ3n) is 6.34. The summed E-state index contributed by atoms with van der Waals surface area (Å²) in [5.41, 5.74) is 1.76. The van der Waals surface area contributed by atoms with Gasteiger partial charge in [0.1, 0.15) is 11.0 Å². The van der Waals surface area contributed by atoms with Gasteiger partial charge in [0.25, 0.3) is 0 Å². The van der Waals surface area contributed by atoms with Gasteiger partial charge < -0.3 is 4.90 Å². The zero-order valence-corrected chi connectivity index (χ0v) is 18.1. The second-order valence-electron chi connectivity index (χ2n) is 8.27. The minimum absolute atomic E-state index is 0.0611. The van der Waals surface area contributed by atoms with Crippen molar-refractivity contribution in [3.8, 4) is 6.07 Å². The topological polar surface area (TPSA) is 99.7 Å². The third-order valence-corrected chi connectivity index (χ3v) is 7.47. The molecular formula is C21H32N4O3S. The van der Waals surface area contributed by atoms with Gasteiger partial charge in [-0.25, -0.2) is 0 Å². The lowest BCUT2D eigenvalue weighted by molar-refractivity contribution is 0.237. The van der Waals surface area contributed by atoms with E-state index in [1.165, 1.54) is 51.0 Å². The van der Waals surface area contributed by atoms with Crippen molar-refractivity contribution in [2.75, 3.05) is 37.6 Å². The minimum Gasteiger partial charge on any atom is -0.369 e. The maximum atomic E-state index is 12.0. The number of nitrogens with two attached hydrogens (primary N) is 1. The van der Waals surface area contributed by atoms with Crippen molar-refractivity contribution >= 4 is 15.8 Å². The highest BCUT2D eigenvalue weighted by atomic mass is 32.2. The zero-order chi connectivity index (χ0) is 20.9. The van der Waals surface area contributed by atoms with Crippen molar-refractivity contribution in [1.29, 1.82) is 5.26 Å². The first-order valence-corrected chi connectivity index (χ1v) is 12.0. The molecule has 1 aromatic carbocycles. The lowest BCUT2D eigenvalue weighted by Crippen LogP contribution is -2.47. The quantitative estimate of drug-likeness (QED) is 0.677. The molecule has 0 unspecified atom stereocenters. The molecule has 1 saturated carbocycles. The minimum atomic E-state index is -4.11. The van der Waals surface area contributed by atoms with Crippen LogP contribution in [0.25, 0.3) is 0 Å². The van der Waals surface area contributed by atoms with Gasteiger partial charge in [0.05, 0.1) is 5.56 Å². The van der Waals surface area contributed by atoms with Gasteiger partial charge in [-0.05, 0) is 49.9 Å². The van der Waals surface area contributed by atoms with Gasteiger partial charge in [0.15, 0.2) is 0 Å². The standard InChI is InChI=1S/C21H32N4O3S/c1-17-14-21(29(26,27)28-23)19(16-22)15-20(17)25-12-10-24(11-13-25)9-5-8-18-6-3-2-4-7-18/h14-15,18H,2-13,23H2,1H3. The fraction of sp³-hybridized carbons (Fsp3) is 0.667. The van der Waals surface area contributed by atoms with Crippen LogP contribution in [0, 0.1) is 24.2 Å². The third kappa shape index (κ3) is 5.48. The van der Waals surface area contributed by atoms with Crippen LogP contribution in [-0.2, 0) is 14.4 Å². The maximum Gasteiger partial charge on any atom is 0.314 e. The van der Waals surface area contributed by atoms with Gasteiger partial charge in [0, 0.05) is 31.9 Å². The van der Waals surface area contributed by atoms with Gasteiger partial charge in [-0.2, -0.15) is 23.9 Å². The molecule has 1 aliphatic heterocycles. The summed E-state index contributed by atoms with van der Waals surface area (Å²) < 4.78 is 28.0. The predicted octanol–water partition coefficient (Wildman–Crippen LogP) is 2.93. The van der Waals surface area contributed by atoms with Crippen LogP contribution < -0.4 is 10.8 Å². The number of aryl methyl sites for hydroxylation is 1. The van der Waals surface area contributed by atoms with Crippen molar-refractivity contribution in [3.63, 3.8) is 0 Å². The molecule has 0 amide bonds. The predicted molar refractivity (Wildman–Crippen MR) is 113 cm³/mol. The molecule has 1 saturated heterocycles. The Morgan fingerprint density at radius 3 is 2.48 bits per heavy atom. The van der Waals surface area contributed by atoms with Crippen molar-refractivity contribution < 1.29 is 12.7 Å². The van der Waals surface area contributed by atoms with E-state index >= 15 is 0 Å². The second-order valence-corrected chi connectivity index (χ2v) is 9.81. The lowest BCUT2D eigenvalue weighted by Gasteiger charge is -2.37. The first kappa shape index (κ1) is 22.0. The zero-order valence-electron chi connectivity index (χ0n) is 17.3. The Kier molecular flexibility index (Phi) is 7.52. The largest absolute Gasteiger partial charge is 0.369 e. The average molecular weight is 421 g/mol. The molecule has 0 atom stereocenters.